The predicted molar refractivity (Wildman–Crippen MR) is 73.9 cm³/mol. The molecule has 2 amide bonds. The van der Waals surface area contributed by atoms with Crippen molar-refractivity contribution in [3.8, 4) is 0 Å². The van der Waals surface area contributed by atoms with Crippen molar-refractivity contribution in [3.05, 3.63) is 35.9 Å². The molecule has 0 saturated carbocycles. The molecule has 4 heteroatoms. The second-order valence-corrected chi connectivity index (χ2v) is 5.57. The van der Waals surface area contributed by atoms with Gasteiger partial charge in [-0.2, -0.15) is 0 Å². The molecule has 0 aromatic heterocycles. The van der Waals surface area contributed by atoms with Gasteiger partial charge in [0.05, 0.1) is 18.6 Å². The lowest BCUT2D eigenvalue weighted by molar-refractivity contribution is -0.141. The number of hydrogen-bond acceptors (Lipinski definition) is 3. The van der Waals surface area contributed by atoms with Crippen LogP contribution >= 0.6 is 0 Å². The van der Waals surface area contributed by atoms with Gasteiger partial charge in [0.25, 0.3) is 0 Å². The summed E-state index contributed by atoms with van der Waals surface area (Å²) < 4.78 is 5.52. The molecule has 20 heavy (non-hydrogen) atoms. The zero-order valence-corrected chi connectivity index (χ0v) is 11.5. The number of imide groups is 1. The fraction of sp³-hybridized carbons (Fsp3) is 0.500. The lowest BCUT2D eigenvalue weighted by Gasteiger charge is -2.18. The van der Waals surface area contributed by atoms with Crippen LogP contribution in [0.5, 0.6) is 0 Å². The predicted octanol–water partition coefficient (Wildman–Crippen LogP) is 1.78. The molecule has 0 radical (unpaired) electrons. The highest BCUT2D eigenvalue weighted by atomic mass is 16.5. The van der Waals surface area contributed by atoms with Crippen molar-refractivity contribution in [3.63, 3.8) is 0 Å². The van der Waals surface area contributed by atoms with E-state index in [-0.39, 0.29) is 23.8 Å². The summed E-state index contributed by atoms with van der Waals surface area (Å²) in [6.07, 6.45) is 2.99. The summed E-state index contributed by atoms with van der Waals surface area (Å²) in [6, 6.07) is 9.87. The van der Waals surface area contributed by atoms with Gasteiger partial charge in [0.15, 0.2) is 0 Å². The molecule has 2 saturated heterocycles. The maximum atomic E-state index is 12.4. The molecule has 2 atom stereocenters. The molecule has 1 aromatic carbocycles. The zero-order chi connectivity index (χ0) is 13.9. The van der Waals surface area contributed by atoms with E-state index in [0.717, 1.165) is 25.0 Å². The van der Waals surface area contributed by atoms with E-state index in [9.17, 15) is 9.59 Å². The Bertz CT molecular complexity index is 494. The van der Waals surface area contributed by atoms with Gasteiger partial charge in [-0.05, 0) is 24.8 Å². The monoisotopic (exact) mass is 273 g/mol. The number of rotatable bonds is 4. The van der Waals surface area contributed by atoms with Crippen LogP contribution in [0, 0.1) is 5.92 Å². The van der Waals surface area contributed by atoms with E-state index in [1.807, 2.05) is 30.3 Å². The molecule has 3 rings (SSSR count). The van der Waals surface area contributed by atoms with E-state index in [1.54, 1.807) is 0 Å². The number of benzene rings is 1. The number of hydrogen-bond donors (Lipinski definition) is 0. The summed E-state index contributed by atoms with van der Waals surface area (Å²) in [7, 11) is 0. The second-order valence-electron chi connectivity index (χ2n) is 5.57. The minimum Gasteiger partial charge on any atom is -0.376 e. The van der Waals surface area contributed by atoms with Gasteiger partial charge < -0.3 is 4.74 Å². The average Bonchev–Trinajstić information content (AvgIpc) is 3.05. The van der Waals surface area contributed by atoms with Gasteiger partial charge in [-0.3, -0.25) is 14.5 Å². The summed E-state index contributed by atoms with van der Waals surface area (Å²) >= 11 is 0. The van der Waals surface area contributed by atoms with Gasteiger partial charge in [-0.15, -0.1) is 0 Å². The minimum absolute atomic E-state index is 0.0330. The van der Waals surface area contributed by atoms with E-state index in [4.69, 9.17) is 4.74 Å². The number of amides is 2. The van der Waals surface area contributed by atoms with E-state index in [0.29, 0.717) is 19.4 Å². The third-order valence-corrected chi connectivity index (χ3v) is 4.07. The Kier molecular flexibility index (Phi) is 3.83. The summed E-state index contributed by atoms with van der Waals surface area (Å²) in [5, 5.41) is 0. The minimum atomic E-state index is -0.202. The number of likely N-dealkylation sites (tertiary alicyclic amines) is 1. The Morgan fingerprint density at radius 3 is 2.70 bits per heavy atom. The topological polar surface area (TPSA) is 46.6 Å². The van der Waals surface area contributed by atoms with Crippen LogP contribution < -0.4 is 0 Å². The Hall–Kier alpha value is -1.68. The SMILES string of the molecule is O=C1C[C@@H](Cc2ccccc2)C(=O)N1C[C@@H]1CCCO1. The maximum absolute atomic E-state index is 12.4. The second kappa shape index (κ2) is 5.75. The highest BCUT2D eigenvalue weighted by Crippen LogP contribution is 2.25. The Labute approximate surface area is 118 Å². The molecule has 0 bridgehead atoms. The van der Waals surface area contributed by atoms with Gasteiger partial charge >= 0.3 is 0 Å². The van der Waals surface area contributed by atoms with Crippen molar-refractivity contribution in [1.82, 2.24) is 4.90 Å². The van der Waals surface area contributed by atoms with Crippen LogP contribution in [0.1, 0.15) is 24.8 Å². The van der Waals surface area contributed by atoms with Gasteiger partial charge in [-0.1, -0.05) is 30.3 Å². The molecule has 2 heterocycles. The lowest BCUT2D eigenvalue weighted by atomic mass is 9.98. The smallest absolute Gasteiger partial charge is 0.233 e. The average molecular weight is 273 g/mol. The van der Waals surface area contributed by atoms with Crippen LogP contribution in [-0.4, -0.2) is 36.0 Å². The van der Waals surface area contributed by atoms with Crippen molar-refractivity contribution in [2.75, 3.05) is 13.2 Å². The molecule has 0 spiro atoms. The summed E-state index contributed by atoms with van der Waals surface area (Å²) in [6.45, 7) is 1.18. The fourth-order valence-electron chi connectivity index (χ4n) is 2.99. The van der Waals surface area contributed by atoms with Crippen LogP contribution in [0.4, 0.5) is 0 Å². The van der Waals surface area contributed by atoms with Crippen molar-refractivity contribution >= 4 is 11.8 Å². The lowest BCUT2D eigenvalue weighted by Crippen LogP contribution is -2.37. The summed E-state index contributed by atoms with van der Waals surface area (Å²) in [4.78, 5) is 25.8. The molecule has 0 aliphatic carbocycles. The van der Waals surface area contributed by atoms with Crippen LogP contribution in [-0.2, 0) is 20.7 Å². The van der Waals surface area contributed by atoms with Gasteiger partial charge in [0, 0.05) is 13.0 Å². The highest BCUT2D eigenvalue weighted by molar-refractivity contribution is 6.03. The number of carbonyl (C=O) groups excluding carboxylic acids is 2. The Balaban J connectivity index is 1.64. The van der Waals surface area contributed by atoms with E-state index < -0.39 is 0 Å². The molecule has 2 aliphatic heterocycles. The standard InChI is InChI=1S/C16H19NO3/c18-15-10-13(9-12-5-2-1-3-6-12)16(19)17(15)11-14-7-4-8-20-14/h1-3,5-6,13-14H,4,7-11H2/t13-,14+/m1/s1. The van der Waals surface area contributed by atoms with E-state index in [2.05, 4.69) is 0 Å². The van der Waals surface area contributed by atoms with Crippen molar-refractivity contribution in [2.24, 2.45) is 5.92 Å². The Morgan fingerprint density at radius 1 is 1.20 bits per heavy atom. The third-order valence-electron chi connectivity index (χ3n) is 4.07. The van der Waals surface area contributed by atoms with E-state index in [1.165, 1.54) is 4.90 Å². The maximum Gasteiger partial charge on any atom is 0.233 e. The summed E-state index contributed by atoms with van der Waals surface area (Å²) in [5.74, 6) is -0.285. The molecule has 1 aromatic rings. The largest absolute Gasteiger partial charge is 0.376 e. The van der Waals surface area contributed by atoms with Crippen molar-refractivity contribution < 1.29 is 14.3 Å². The quantitative estimate of drug-likeness (QED) is 0.786. The first-order valence-electron chi connectivity index (χ1n) is 7.24. The zero-order valence-electron chi connectivity index (χ0n) is 11.5. The first-order valence-corrected chi connectivity index (χ1v) is 7.24. The number of ether oxygens (including phenoxy) is 1. The first-order chi connectivity index (χ1) is 9.74. The van der Waals surface area contributed by atoms with Gasteiger partial charge in [0.1, 0.15) is 0 Å². The molecular formula is C16H19NO3. The molecular weight excluding hydrogens is 254 g/mol. The first kappa shape index (κ1) is 13.3. The third kappa shape index (κ3) is 2.75. The summed E-state index contributed by atoms with van der Waals surface area (Å²) in [5.41, 5.74) is 1.11. The number of nitrogens with zero attached hydrogens (tertiary/aromatic N) is 1. The van der Waals surface area contributed by atoms with E-state index >= 15 is 0 Å². The molecule has 2 fully saturated rings. The van der Waals surface area contributed by atoms with Crippen molar-refractivity contribution in [1.29, 1.82) is 0 Å². The van der Waals surface area contributed by atoms with Crippen LogP contribution in [0.25, 0.3) is 0 Å². The molecule has 106 valence electrons. The normalized spacial score (nSPS) is 26.5. The fourth-order valence-corrected chi connectivity index (χ4v) is 2.99. The molecule has 4 nitrogen and oxygen atoms in total. The Morgan fingerprint density at radius 2 is 2.00 bits per heavy atom. The molecule has 0 N–H and O–H groups in total. The molecule has 2 aliphatic rings. The van der Waals surface area contributed by atoms with Crippen LogP contribution in [0.3, 0.4) is 0 Å². The number of carbonyl (C=O) groups is 2. The molecule has 0 unspecified atom stereocenters. The van der Waals surface area contributed by atoms with Gasteiger partial charge in [0.2, 0.25) is 11.8 Å². The van der Waals surface area contributed by atoms with Gasteiger partial charge in [-0.25, -0.2) is 0 Å². The van der Waals surface area contributed by atoms with Crippen LogP contribution in [0.2, 0.25) is 0 Å². The highest BCUT2D eigenvalue weighted by Gasteiger charge is 2.39. The van der Waals surface area contributed by atoms with Crippen LogP contribution in [0.15, 0.2) is 30.3 Å². The van der Waals surface area contributed by atoms with Crippen molar-refractivity contribution in [2.45, 2.75) is 31.8 Å².